The molecule has 0 aromatic heterocycles. The van der Waals surface area contributed by atoms with Gasteiger partial charge in [-0.15, -0.1) is 0 Å². The van der Waals surface area contributed by atoms with E-state index in [-0.39, 0.29) is 0 Å². The third-order valence-electron chi connectivity index (χ3n) is 1.82. The van der Waals surface area contributed by atoms with E-state index in [0.29, 0.717) is 0 Å². The van der Waals surface area contributed by atoms with Crippen LogP contribution in [0.25, 0.3) is 0 Å². The fourth-order valence-electron chi connectivity index (χ4n) is 1.18. The second-order valence-electron chi connectivity index (χ2n) is 2.73. The summed E-state index contributed by atoms with van der Waals surface area (Å²) in [6, 6.07) is 0. The van der Waals surface area contributed by atoms with Crippen LogP contribution in [0.3, 0.4) is 0 Å². The number of methoxy groups -OCH3 is 2. The highest BCUT2D eigenvalue weighted by Crippen LogP contribution is 2.20. The summed E-state index contributed by atoms with van der Waals surface area (Å²) >= 11 is 0. The molecule has 0 N–H and O–H groups in total. The van der Waals surface area contributed by atoms with Crippen molar-refractivity contribution in [3.8, 4) is 0 Å². The van der Waals surface area contributed by atoms with E-state index in [2.05, 4.69) is 9.47 Å². The Morgan fingerprint density at radius 2 is 1.36 bits per heavy atom. The van der Waals surface area contributed by atoms with Gasteiger partial charge < -0.3 is 18.9 Å². The van der Waals surface area contributed by atoms with Crippen molar-refractivity contribution in [1.82, 2.24) is 0 Å². The highest BCUT2D eigenvalue weighted by Gasteiger charge is 2.45. The molecular formula is C8H12O6. The Bertz CT molecular complexity index is 214. The van der Waals surface area contributed by atoms with Gasteiger partial charge in [0.25, 0.3) is 0 Å². The Kier molecular flexibility index (Phi) is 3.43. The first-order valence-corrected chi connectivity index (χ1v) is 4.06. The molecule has 0 saturated carbocycles. The zero-order valence-corrected chi connectivity index (χ0v) is 8.18. The van der Waals surface area contributed by atoms with Gasteiger partial charge in [0, 0.05) is 0 Å². The molecule has 0 amide bonds. The molecule has 6 nitrogen and oxygen atoms in total. The molecular weight excluding hydrogens is 192 g/mol. The van der Waals surface area contributed by atoms with Crippen LogP contribution in [0.1, 0.15) is 6.92 Å². The van der Waals surface area contributed by atoms with Crippen molar-refractivity contribution in [2.75, 3.05) is 14.2 Å². The lowest BCUT2D eigenvalue weighted by atomic mass is 10.2. The van der Waals surface area contributed by atoms with Gasteiger partial charge in [-0.3, -0.25) is 0 Å². The number of carbonyl (C=O) groups excluding carboxylic acids is 2. The minimum atomic E-state index is -1.04. The van der Waals surface area contributed by atoms with Crippen LogP contribution in [-0.4, -0.2) is 44.7 Å². The molecule has 1 aliphatic rings. The highest BCUT2D eigenvalue weighted by atomic mass is 16.8. The molecule has 1 saturated heterocycles. The standard InChI is InChI=1S/C8H12O6/c1-4-13-5(7(9)11-2)6(14-4)8(10)12-3/h4-6H,1-3H3/t4?,5-,6+. The normalized spacial score (nSPS) is 31.2. The fourth-order valence-corrected chi connectivity index (χ4v) is 1.18. The van der Waals surface area contributed by atoms with Gasteiger partial charge in [-0.1, -0.05) is 0 Å². The van der Waals surface area contributed by atoms with Gasteiger partial charge in [0.15, 0.2) is 18.5 Å². The number of hydrogen-bond acceptors (Lipinski definition) is 6. The van der Waals surface area contributed by atoms with E-state index in [4.69, 9.17) is 9.47 Å². The second-order valence-corrected chi connectivity index (χ2v) is 2.73. The summed E-state index contributed by atoms with van der Waals surface area (Å²) in [6.45, 7) is 1.58. The molecule has 0 bridgehead atoms. The topological polar surface area (TPSA) is 71.1 Å². The van der Waals surface area contributed by atoms with Crippen molar-refractivity contribution in [2.24, 2.45) is 0 Å². The van der Waals surface area contributed by atoms with Crippen LogP contribution >= 0.6 is 0 Å². The van der Waals surface area contributed by atoms with Gasteiger partial charge in [0.05, 0.1) is 14.2 Å². The molecule has 0 spiro atoms. The van der Waals surface area contributed by atoms with Gasteiger partial charge in [0.2, 0.25) is 0 Å². The third kappa shape index (κ3) is 2.02. The first kappa shape index (κ1) is 10.9. The molecule has 1 heterocycles. The zero-order chi connectivity index (χ0) is 10.7. The zero-order valence-electron chi connectivity index (χ0n) is 8.18. The molecule has 0 aliphatic carbocycles. The van der Waals surface area contributed by atoms with Gasteiger partial charge >= 0.3 is 11.9 Å². The molecule has 0 aromatic rings. The lowest BCUT2D eigenvalue weighted by molar-refractivity contribution is -0.160. The van der Waals surface area contributed by atoms with Gasteiger partial charge in [-0.2, -0.15) is 0 Å². The molecule has 3 atom stereocenters. The minimum Gasteiger partial charge on any atom is -0.467 e. The molecule has 0 radical (unpaired) electrons. The number of carbonyl (C=O) groups is 2. The molecule has 1 fully saturated rings. The SMILES string of the molecule is COC(=O)[C@H]1OC(C)O[C@H]1C(=O)OC. The fraction of sp³-hybridized carbons (Fsp3) is 0.750. The predicted octanol–water partition coefficient (Wildman–Crippen LogP) is -0.538. The van der Waals surface area contributed by atoms with Crippen LogP contribution in [0.2, 0.25) is 0 Å². The van der Waals surface area contributed by atoms with E-state index >= 15 is 0 Å². The Morgan fingerprint density at radius 1 is 1.00 bits per heavy atom. The Balaban J connectivity index is 2.72. The van der Waals surface area contributed by atoms with Crippen molar-refractivity contribution in [3.05, 3.63) is 0 Å². The van der Waals surface area contributed by atoms with Crippen molar-refractivity contribution >= 4 is 11.9 Å². The van der Waals surface area contributed by atoms with Crippen LogP contribution in [0, 0.1) is 0 Å². The van der Waals surface area contributed by atoms with E-state index in [1.807, 2.05) is 0 Å². The van der Waals surface area contributed by atoms with Crippen molar-refractivity contribution < 1.29 is 28.5 Å². The summed E-state index contributed by atoms with van der Waals surface area (Å²) in [4.78, 5) is 22.3. The Hall–Kier alpha value is -1.14. The first-order valence-electron chi connectivity index (χ1n) is 4.06. The van der Waals surface area contributed by atoms with Crippen molar-refractivity contribution in [3.63, 3.8) is 0 Å². The number of rotatable bonds is 2. The van der Waals surface area contributed by atoms with E-state index in [1.54, 1.807) is 6.92 Å². The van der Waals surface area contributed by atoms with Crippen LogP contribution in [0.5, 0.6) is 0 Å². The molecule has 80 valence electrons. The third-order valence-corrected chi connectivity index (χ3v) is 1.82. The summed E-state index contributed by atoms with van der Waals surface area (Å²) in [6.07, 6.45) is -2.70. The summed E-state index contributed by atoms with van der Waals surface area (Å²) in [7, 11) is 2.42. The number of esters is 2. The monoisotopic (exact) mass is 204 g/mol. The largest absolute Gasteiger partial charge is 0.467 e. The summed E-state index contributed by atoms with van der Waals surface area (Å²) in [5.41, 5.74) is 0. The van der Waals surface area contributed by atoms with E-state index in [1.165, 1.54) is 14.2 Å². The number of hydrogen-bond donors (Lipinski definition) is 0. The summed E-state index contributed by atoms with van der Waals surface area (Å²) in [5.74, 6) is -1.30. The minimum absolute atomic E-state index is 0.622. The molecule has 1 unspecified atom stereocenters. The molecule has 14 heavy (non-hydrogen) atoms. The second kappa shape index (κ2) is 4.39. The summed E-state index contributed by atoms with van der Waals surface area (Å²) in [5, 5.41) is 0. The van der Waals surface area contributed by atoms with Gasteiger partial charge in [0.1, 0.15) is 0 Å². The lowest BCUT2D eigenvalue weighted by Gasteiger charge is -2.11. The van der Waals surface area contributed by atoms with Crippen molar-refractivity contribution in [2.45, 2.75) is 25.4 Å². The maximum absolute atomic E-state index is 11.2. The molecule has 1 aliphatic heterocycles. The smallest absolute Gasteiger partial charge is 0.338 e. The van der Waals surface area contributed by atoms with Crippen LogP contribution in [-0.2, 0) is 28.5 Å². The maximum atomic E-state index is 11.2. The summed E-state index contributed by atoms with van der Waals surface area (Å²) < 4.78 is 19.0. The molecule has 6 heteroatoms. The van der Waals surface area contributed by atoms with Crippen LogP contribution in [0.15, 0.2) is 0 Å². The van der Waals surface area contributed by atoms with Crippen LogP contribution < -0.4 is 0 Å². The molecule has 0 aromatic carbocycles. The van der Waals surface area contributed by atoms with Gasteiger partial charge in [-0.05, 0) is 6.92 Å². The van der Waals surface area contributed by atoms with E-state index in [0.717, 1.165) is 0 Å². The predicted molar refractivity (Wildman–Crippen MR) is 43.2 cm³/mol. The lowest BCUT2D eigenvalue weighted by Crippen LogP contribution is -2.38. The van der Waals surface area contributed by atoms with E-state index in [9.17, 15) is 9.59 Å². The average Bonchev–Trinajstić information content (AvgIpc) is 2.58. The van der Waals surface area contributed by atoms with E-state index < -0.39 is 30.4 Å². The molecule has 1 rings (SSSR count). The van der Waals surface area contributed by atoms with Gasteiger partial charge in [-0.25, -0.2) is 9.59 Å². The number of ether oxygens (including phenoxy) is 4. The first-order chi connectivity index (χ1) is 6.60. The van der Waals surface area contributed by atoms with Crippen molar-refractivity contribution in [1.29, 1.82) is 0 Å². The average molecular weight is 204 g/mol. The Morgan fingerprint density at radius 3 is 1.64 bits per heavy atom. The highest BCUT2D eigenvalue weighted by molar-refractivity contribution is 5.86. The quantitative estimate of drug-likeness (QED) is 0.563. The van der Waals surface area contributed by atoms with Crippen LogP contribution in [0.4, 0.5) is 0 Å². The Labute approximate surface area is 81.1 Å². The maximum Gasteiger partial charge on any atom is 0.338 e.